The SMILES string of the molecule is NN(Cc1ccccc1)Sc1ccc(F)cc1. The van der Waals surface area contributed by atoms with Crippen molar-refractivity contribution in [3.63, 3.8) is 0 Å². The fourth-order valence-electron chi connectivity index (χ4n) is 1.43. The molecule has 0 saturated carbocycles. The molecule has 2 N–H and O–H groups in total. The summed E-state index contributed by atoms with van der Waals surface area (Å²) in [5.41, 5.74) is 1.14. The van der Waals surface area contributed by atoms with Crippen molar-refractivity contribution >= 4 is 11.9 Å². The van der Waals surface area contributed by atoms with Crippen molar-refractivity contribution in [2.45, 2.75) is 11.4 Å². The molecule has 0 aliphatic carbocycles. The summed E-state index contributed by atoms with van der Waals surface area (Å²) >= 11 is 1.39. The molecule has 4 heteroatoms. The Morgan fingerprint density at radius 3 is 2.29 bits per heavy atom. The molecule has 2 rings (SSSR count). The number of nitrogens with zero attached hydrogens (tertiary/aromatic N) is 1. The van der Waals surface area contributed by atoms with Gasteiger partial charge in [0.1, 0.15) is 5.82 Å². The third kappa shape index (κ3) is 3.85. The Morgan fingerprint density at radius 1 is 1.00 bits per heavy atom. The highest BCUT2D eigenvalue weighted by molar-refractivity contribution is 7.97. The van der Waals surface area contributed by atoms with E-state index in [1.165, 1.54) is 24.1 Å². The minimum absolute atomic E-state index is 0.235. The molecule has 0 fully saturated rings. The van der Waals surface area contributed by atoms with Gasteiger partial charge in [0.15, 0.2) is 0 Å². The first-order valence-corrected chi connectivity index (χ1v) is 6.01. The zero-order valence-electron chi connectivity index (χ0n) is 9.21. The van der Waals surface area contributed by atoms with Crippen LogP contribution in [0.1, 0.15) is 5.56 Å². The Kier molecular flexibility index (Phi) is 4.14. The van der Waals surface area contributed by atoms with Gasteiger partial charge in [-0.2, -0.15) is 4.41 Å². The zero-order chi connectivity index (χ0) is 12.1. The molecule has 0 bridgehead atoms. The number of nitrogens with two attached hydrogens (primary N) is 1. The van der Waals surface area contributed by atoms with Crippen LogP contribution in [0.15, 0.2) is 59.5 Å². The molecule has 0 aliphatic heterocycles. The highest BCUT2D eigenvalue weighted by atomic mass is 32.2. The minimum atomic E-state index is -0.235. The van der Waals surface area contributed by atoms with Crippen LogP contribution in [-0.2, 0) is 6.54 Å². The Hall–Kier alpha value is -1.36. The van der Waals surface area contributed by atoms with Gasteiger partial charge in [0, 0.05) is 11.4 Å². The molecule has 0 aromatic heterocycles. The van der Waals surface area contributed by atoms with Gasteiger partial charge in [-0.3, -0.25) is 5.84 Å². The van der Waals surface area contributed by atoms with Gasteiger partial charge >= 0.3 is 0 Å². The second-order valence-electron chi connectivity index (χ2n) is 3.61. The summed E-state index contributed by atoms with van der Waals surface area (Å²) in [7, 11) is 0. The molecule has 2 aromatic rings. The van der Waals surface area contributed by atoms with E-state index in [9.17, 15) is 4.39 Å². The van der Waals surface area contributed by atoms with Gasteiger partial charge in [-0.05, 0) is 41.8 Å². The van der Waals surface area contributed by atoms with E-state index in [-0.39, 0.29) is 5.82 Å². The van der Waals surface area contributed by atoms with Gasteiger partial charge in [-0.15, -0.1) is 0 Å². The summed E-state index contributed by atoms with van der Waals surface area (Å²) < 4.78 is 14.3. The molecule has 0 atom stereocenters. The van der Waals surface area contributed by atoms with Gasteiger partial charge in [-0.25, -0.2) is 4.39 Å². The maximum atomic E-state index is 12.7. The quantitative estimate of drug-likeness (QED) is 0.512. The van der Waals surface area contributed by atoms with Crippen LogP contribution in [0, 0.1) is 5.82 Å². The van der Waals surface area contributed by atoms with Crippen LogP contribution in [-0.4, -0.2) is 4.41 Å². The third-order valence-electron chi connectivity index (χ3n) is 2.22. The predicted octanol–water partition coefficient (Wildman–Crippen LogP) is 3.21. The fraction of sp³-hybridized carbons (Fsp3) is 0.0769. The molecule has 17 heavy (non-hydrogen) atoms. The van der Waals surface area contributed by atoms with E-state index in [1.54, 1.807) is 16.5 Å². The van der Waals surface area contributed by atoms with E-state index in [4.69, 9.17) is 5.84 Å². The molecule has 2 aromatic carbocycles. The van der Waals surface area contributed by atoms with Crippen LogP contribution in [0.3, 0.4) is 0 Å². The van der Waals surface area contributed by atoms with Gasteiger partial charge in [-0.1, -0.05) is 30.3 Å². The largest absolute Gasteiger partial charge is 0.258 e. The molecular weight excluding hydrogens is 235 g/mol. The second kappa shape index (κ2) is 5.82. The second-order valence-corrected chi connectivity index (χ2v) is 4.73. The van der Waals surface area contributed by atoms with Gasteiger partial charge in [0.25, 0.3) is 0 Å². The lowest BCUT2D eigenvalue weighted by atomic mass is 10.2. The smallest absolute Gasteiger partial charge is 0.123 e. The summed E-state index contributed by atoms with van der Waals surface area (Å²) in [5.74, 6) is 5.64. The molecule has 0 radical (unpaired) electrons. The molecule has 2 nitrogen and oxygen atoms in total. The molecule has 88 valence electrons. The molecule has 0 heterocycles. The van der Waals surface area contributed by atoms with Crippen LogP contribution in [0.2, 0.25) is 0 Å². The maximum absolute atomic E-state index is 12.7. The van der Waals surface area contributed by atoms with E-state index in [0.717, 1.165) is 10.5 Å². The van der Waals surface area contributed by atoms with Crippen molar-refractivity contribution in [1.29, 1.82) is 0 Å². The maximum Gasteiger partial charge on any atom is 0.123 e. The van der Waals surface area contributed by atoms with Crippen LogP contribution >= 0.6 is 11.9 Å². The van der Waals surface area contributed by atoms with Crippen molar-refractivity contribution in [2.75, 3.05) is 0 Å². The van der Waals surface area contributed by atoms with E-state index in [0.29, 0.717) is 6.54 Å². The average molecular weight is 248 g/mol. The Bertz CT molecular complexity index is 459. The summed E-state index contributed by atoms with van der Waals surface area (Å²) in [5, 5.41) is 0. The van der Waals surface area contributed by atoms with Crippen LogP contribution in [0.25, 0.3) is 0 Å². The van der Waals surface area contributed by atoms with E-state index < -0.39 is 0 Å². The van der Waals surface area contributed by atoms with E-state index in [2.05, 4.69) is 0 Å². The van der Waals surface area contributed by atoms with Crippen molar-refractivity contribution in [3.05, 3.63) is 66.0 Å². The number of benzene rings is 2. The average Bonchev–Trinajstić information content (AvgIpc) is 2.33. The van der Waals surface area contributed by atoms with Crippen LogP contribution < -0.4 is 5.84 Å². The van der Waals surface area contributed by atoms with Crippen molar-refractivity contribution in [3.8, 4) is 0 Å². The Labute approximate surface area is 104 Å². The van der Waals surface area contributed by atoms with Crippen molar-refractivity contribution in [1.82, 2.24) is 4.41 Å². The Balaban J connectivity index is 1.93. The number of halogens is 1. The normalized spacial score (nSPS) is 10.8. The number of hydrazine groups is 1. The van der Waals surface area contributed by atoms with Crippen LogP contribution in [0.5, 0.6) is 0 Å². The molecule has 0 aliphatic rings. The van der Waals surface area contributed by atoms with Gasteiger partial charge < -0.3 is 0 Å². The molecule has 0 amide bonds. The monoisotopic (exact) mass is 248 g/mol. The lowest BCUT2D eigenvalue weighted by molar-refractivity contribution is 0.493. The zero-order valence-corrected chi connectivity index (χ0v) is 10.0. The highest BCUT2D eigenvalue weighted by Gasteiger charge is 2.03. The molecule has 0 saturated heterocycles. The molecule has 0 unspecified atom stereocenters. The molecular formula is C13H13FN2S. The number of rotatable bonds is 4. The third-order valence-corrected chi connectivity index (χ3v) is 3.06. The summed E-state index contributed by atoms with van der Waals surface area (Å²) in [4.78, 5) is 0.921. The van der Waals surface area contributed by atoms with Gasteiger partial charge in [0.2, 0.25) is 0 Å². The van der Waals surface area contributed by atoms with Crippen molar-refractivity contribution in [2.24, 2.45) is 5.84 Å². The molecule has 0 spiro atoms. The van der Waals surface area contributed by atoms with Crippen molar-refractivity contribution < 1.29 is 4.39 Å². The first kappa shape index (κ1) is 12.1. The van der Waals surface area contributed by atoms with Gasteiger partial charge in [0.05, 0.1) is 0 Å². The van der Waals surface area contributed by atoms with E-state index >= 15 is 0 Å². The number of hydrogen-bond donors (Lipinski definition) is 1. The lowest BCUT2D eigenvalue weighted by Gasteiger charge is -2.14. The van der Waals surface area contributed by atoms with E-state index in [1.807, 2.05) is 30.3 Å². The first-order valence-electron chi connectivity index (χ1n) is 5.24. The summed E-state index contributed by atoms with van der Waals surface area (Å²) in [6.07, 6.45) is 0. The first-order chi connectivity index (χ1) is 8.24. The standard InChI is InChI=1S/C13H13FN2S/c14-12-6-8-13(9-7-12)17-16(15)10-11-4-2-1-3-5-11/h1-9H,10,15H2. The summed E-state index contributed by atoms with van der Waals surface area (Å²) in [6.45, 7) is 0.642. The topological polar surface area (TPSA) is 29.3 Å². The fourth-order valence-corrected chi connectivity index (χ4v) is 2.17. The Morgan fingerprint density at radius 2 is 1.65 bits per heavy atom. The lowest BCUT2D eigenvalue weighted by Crippen LogP contribution is -2.22. The summed E-state index contributed by atoms with van der Waals surface area (Å²) in [6, 6.07) is 16.2. The number of hydrogen-bond acceptors (Lipinski definition) is 3. The predicted molar refractivity (Wildman–Crippen MR) is 68.4 cm³/mol. The van der Waals surface area contributed by atoms with Crippen LogP contribution in [0.4, 0.5) is 4.39 Å². The minimum Gasteiger partial charge on any atom is -0.258 e. The highest BCUT2D eigenvalue weighted by Crippen LogP contribution is 2.21.